The van der Waals surface area contributed by atoms with Gasteiger partial charge in [-0.1, -0.05) is 17.7 Å². The van der Waals surface area contributed by atoms with E-state index in [1.807, 2.05) is 6.92 Å². The highest BCUT2D eigenvalue weighted by molar-refractivity contribution is 7.90. The molecule has 2 atom stereocenters. The lowest BCUT2D eigenvalue weighted by atomic mass is 9.98. The van der Waals surface area contributed by atoms with Crippen LogP contribution in [0.5, 0.6) is 0 Å². The highest BCUT2D eigenvalue weighted by Gasteiger charge is 2.35. The van der Waals surface area contributed by atoms with Gasteiger partial charge in [-0.05, 0) is 70.3 Å². The van der Waals surface area contributed by atoms with Crippen LogP contribution in [0.4, 0.5) is 10.6 Å². The molecule has 1 aliphatic rings. The molecule has 2 N–H and O–H groups in total. The topological polar surface area (TPSA) is 136 Å². The number of hydrogen-bond acceptors (Lipinski definition) is 8. The van der Waals surface area contributed by atoms with Crippen LogP contribution in [-0.2, 0) is 19.6 Å². The fourth-order valence-corrected chi connectivity index (χ4v) is 5.91. The summed E-state index contributed by atoms with van der Waals surface area (Å²) in [5.74, 6) is 0.180. The first kappa shape index (κ1) is 28.6. The molecule has 0 aliphatic carbocycles. The summed E-state index contributed by atoms with van der Waals surface area (Å²) >= 11 is 6.24. The van der Waals surface area contributed by atoms with E-state index in [1.165, 1.54) is 13.1 Å². The smallest absolute Gasteiger partial charge is 0.410 e. The first-order valence-electron chi connectivity index (χ1n) is 12.6. The van der Waals surface area contributed by atoms with Crippen LogP contribution in [0.25, 0.3) is 11.0 Å². The molecule has 2 aromatic heterocycles. The SMILES string of the molecule is CC(=O)NC[C@@H]1CC[C@H](Nc2nc(Cl)nc3c2ccn3S(=O)(=O)c2ccc(C)cc2)CN1C(=O)OC(C)(C)C. The van der Waals surface area contributed by atoms with Gasteiger partial charge in [-0.25, -0.2) is 22.2 Å². The third-order valence-corrected chi connectivity index (χ3v) is 8.17. The molecule has 13 heteroatoms. The summed E-state index contributed by atoms with van der Waals surface area (Å²) < 4.78 is 33.4. The van der Waals surface area contributed by atoms with E-state index in [1.54, 1.807) is 56.0 Å². The van der Waals surface area contributed by atoms with Crippen molar-refractivity contribution in [3.63, 3.8) is 0 Å². The number of fused-ring (bicyclic) bond motifs is 1. The number of piperidine rings is 1. The molecule has 11 nitrogen and oxygen atoms in total. The summed E-state index contributed by atoms with van der Waals surface area (Å²) in [5.41, 5.74) is 0.394. The van der Waals surface area contributed by atoms with Gasteiger partial charge in [0.15, 0.2) is 5.65 Å². The Morgan fingerprint density at radius 2 is 1.82 bits per heavy atom. The maximum Gasteiger partial charge on any atom is 0.410 e. The fraction of sp³-hybridized carbons (Fsp3) is 0.462. The van der Waals surface area contributed by atoms with E-state index in [-0.39, 0.29) is 40.4 Å². The standard InChI is InChI=1S/C26H33ClN6O5S/c1-16-6-10-20(11-7-16)39(36,37)33-13-12-21-22(30-24(27)31-23(21)33)29-18-8-9-19(14-28-17(2)34)32(15-18)25(35)38-26(3,4)5/h6-7,10-13,18-19H,8-9,14-15H2,1-5H3,(H,28,34)(H,29,30,31)/t18-,19-/m0/s1. The Morgan fingerprint density at radius 3 is 2.46 bits per heavy atom. The van der Waals surface area contributed by atoms with Crippen LogP contribution in [0.1, 0.15) is 46.1 Å². The molecule has 3 aromatic rings. The minimum absolute atomic E-state index is 0.118. The molecule has 2 amide bonds. The van der Waals surface area contributed by atoms with E-state index < -0.39 is 21.7 Å². The van der Waals surface area contributed by atoms with Crippen molar-refractivity contribution in [2.75, 3.05) is 18.4 Å². The number of benzene rings is 1. The van der Waals surface area contributed by atoms with Crippen molar-refractivity contribution in [3.8, 4) is 0 Å². The first-order valence-corrected chi connectivity index (χ1v) is 14.4. The quantitative estimate of drug-likeness (QED) is 0.421. The van der Waals surface area contributed by atoms with Crippen molar-refractivity contribution in [3.05, 3.63) is 47.4 Å². The molecule has 3 heterocycles. The maximum atomic E-state index is 13.4. The second kappa shape index (κ2) is 11.0. The van der Waals surface area contributed by atoms with Crippen molar-refractivity contribution in [2.45, 2.75) is 70.0 Å². The molecule has 1 fully saturated rings. The summed E-state index contributed by atoms with van der Waals surface area (Å²) in [6.45, 7) is 9.28. The Morgan fingerprint density at radius 1 is 1.13 bits per heavy atom. The number of ether oxygens (including phenoxy) is 1. The summed E-state index contributed by atoms with van der Waals surface area (Å²) in [6.07, 6.45) is 2.20. The van der Waals surface area contributed by atoms with Crippen LogP contribution < -0.4 is 10.6 Å². The van der Waals surface area contributed by atoms with Crippen LogP contribution in [0.15, 0.2) is 41.4 Å². The summed E-state index contributed by atoms with van der Waals surface area (Å²) in [4.78, 5) is 34.8. The van der Waals surface area contributed by atoms with Gasteiger partial charge in [-0.15, -0.1) is 0 Å². The third kappa shape index (κ3) is 6.62. The molecule has 1 saturated heterocycles. The van der Waals surface area contributed by atoms with Gasteiger partial charge in [0.2, 0.25) is 11.2 Å². The second-order valence-corrected chi connectivity index (χ2v) is 12.8. The van der Waals surface area contributed by atoms with Gasteiger partial charge in [0.25, 0.3) is 10.0 Å². The fourth-order valence-electron chi connectivity index (χ4n) is 4.45. The monoisotopic (exact) mass is 576 g/mol. The van der Waals surface area contributed by atoms with Gasteiger partial charge >= 0.3 is 6.09 Å². The van der Waals surface area contributed by atoms with Gasteiger partial charge < -0.3 is 20.3 Å². The zero-order valence-electron chi connectivity index (χ0n) is 22.6. The molecular formula is C26H33ClN6O5S. The number of hydrogen-bond donors (Lipinski definition) is 2. The number of nitrogens with one attached hydrogen (secondary N) is 2. The number of carbonyl (C=O) groups excluding carboxylic acids is 2. The maximum absolute atomic E-state index is 13.4. The predicted octanol–water partition coefficient (Wildman–Crippen LogP) is 3.95. The molecule has 4 rings (SSSR count). The molecule has 0 saturated carbocycles. The second-order valence-electron chi connectivity index (χ2n) is 10.7. The molecule has 1 aliphatic heterocycles. The van der Waals surface area contributed by atoms with Crippen molar-refractivity contribution >= 4 is 50.5 Å². The number of carbonyl (C=O) groups is 2. The lowest BCUT2D eigenvalue weighted by molar-refractivity contribution is -0.119. The van der Waals surface area contributed by atoms with E-state index in [9.17, 15) is 18.0 Å². The number of anilines is 1. The number of aromatic nitrogens is 3. The lowest BCUT2D eigenvalue weighted by Gasteiger charge is -2.40. The average Bonchev–Trinajstić information content (AvgIpc) is 3.27. The van der Waals surface area contributed by atoms with Crippen LogP contribution in [0.2, 0.25) is 5.28 Å². The Balaban J connectivity index is 1.62. The number of halogens is 1. The van der Waals surface area contributed by atoms with Crippen LogP contribution in [-0.4, -0.2) is 70.0 Å². The van der Waals surface area contributed by atoms with Crippen molar-refractivity contribution < 1.29 is 22.7 Å². The number of aryl methyl sites for hydroxylation is 1. The molecule has 210 valence electrons. The predicted molar refractivity (Wildman–Crippen MR) is 148 cm³/mol. The van der Waals surface area contributed by atoms with Gasteiger partial charge in [0.05, 0.1) is 16.3 Å². The van der Waals surface area contributed by atoms with Crippen molar-refractivity contribution in [1.29, 1.82) is 0 Å². The first-order chi connectivity index (χ1) is 18.2. The Kier molecular flexibility index (Phi) is 8.08. The molecule has 39 heavy (non-hydrogen) atoms. The van der Waals surface area contributed by atoms with Crippen LogP contribution in [0, 0.1) is 6.92 Å². The Hall–Kier alpha value is -3.38. The molecule has 0 unspecified atom stereocenters. The highest BCUT2D eigenvalue weighted by Crippen LogP contribution is 2.29. The number of rotatable bonds is 6. The zero-order chi connectivity index (χ0) is 28.5. The number of likely N-dealkylation sites (tertiary alicyclic amines) is 1. The van der Waals surface area contributed by atoms with Gasteiger partial charge in [0.1, 0.15) is 11.4 Å². The Labute approximate surface area is 232 Å². The number of nitrogens with zero attached hydrogens (tertiary/aromatic N) is 4. The van der Waals surface area contributed by atoms with Crippen LogP contribution >= 0.6 is 11.6 Å². The summed E-state index contributed by atoms with van der Waals surface area (Å²) in [7, 11) is -3.93. The van der Waals surface area contributed by atoms with Gasteiger partial charge in [-0.3, -0.25) is 4.79 Å². The minimum atomic E-state index is -3.93. The van der Waals surface area contributed by atoms with Crippen LogP contribution in [0.3, 0.4) is 0 Å². The molecule has 1 aromatic carbocycles. The van der Waals surface area contributed by atoms with E-state index in [4.69, 9.17) is 16.3 Å². The summed E-state index contributed by atoms with van der Waals surface area (Å²) in [6, 6.07) is 7.69. The zero-order valence-corrected chi connectivity index (χ0v) is 24.1. The Bertz CT molecular complexity index is 1480. The van der Waals surface area contributed by atoms with E-state index in [0.717, 1.165) is 9.54 Å². The van der Waals surface area contributed by atoms with Crippen molar-refractivity contribution in [2.24, 2.45) is 0 Å². The van der Waals surface area contributed by atoms with Gasteiger partial charge in [-0.2, -0.15) is 4.98 Å². The van der Waals surface area contributed by atoms with Gasteiger partial charge in [0, 0.05) is 32.3 Å². The normalized spacial score (nSPS) is 18.2. The number of amides is 2. The molecular weight excluding hydrogens is 544 g/mol. The largest absolute Gasteiger partial charge is 0.444 e. The van der Waals surface area contributed by atoms with E-state index >= 15 is 0 Å². The summed E-state index contributed by atoms with van der Waals surface area (Å²) in [5, 5.41) is 6.47. The van der Waals surface area contributed by atoms with E-state index in [2.05, 4.69) is 20.6 Å². The molecule has 0 radical (unpaired) electrons. The molecule has 0 spiro atoms. The average molecular weight is 577 g/mol. The van der Waals surface area contributed by atoms with E-state index in [0.29, 0.717) is 30.6 Å². The highest BCUT2D eigenvalue weighted by atomic mass is 35.5. The lowest BCUT2D eigenvalue weighted by Crippen LogP contribution is -2.55. The minimum Gasteiger partial charge on any atom is -0.444 e. The third-order valence-electron chi connectivity index (χ3n) is 6.32. The molecule has 0 bridgehead atoms. The van der Waals surface area contributed by atoms with Crippen molar-refractivity contribution in [1.82, 2.24) is 24.2 Å².